The van der Waals surface area contributed by atoms with Crippen LogP contribution >= 0.6 is 0 Å². The van der Waals surface area contributed by atoms with Gasteiger partial charge >= 0.3 is 0 Å². The molecule has 6 N–H and O–H groups in total. The first-order valence-corrected chi connectivity index (χ1v) is 11.8. The molecule has 11 nitrogen and oxygen atoms in total. The van der Waals surface area contributed by atoms with Gasteiger partial charge in [0.25, 0.3) is 0 Å². The van der Waals surface area contributed by atoms with Crippen molar-refractivity contribution >= 4 is 27.8 Å². The minimum Gasteiger partial charge on any atom is -0.391 e. The molecule has 12 heteroatoms. The van der Waals surface area contributed by atoms with E-state index in [1.165, 1.54) is 17.0 Å². The number of likely N-dealkylation sites (tertiary alicyclic amines) is 1. The highest BCUT2D eigenvalue weighted by molar-refractivity contribution is 7.89. The highest BCUT2D eigenvalue weighted by Crippen LogP contribution is 2.24. The van der Waals surface area contributed by atoms with Crippen molar-refractivity contribution in [1.82, 2.24) is 14.9 Å². The van der Waals surface area contributed by atoms with E-state index in [1.807, 2.05) is 20.8 Å². The van der Waals surface area contributed by atoms with E-state index < -0.39 is 27.9 Å². The van der Waals surface area contributed by atoms with Crippen molar-refractivity contribution in [1.29, 1.82) is 0 Å². The largest absolute Gasteiger partial charge is 0.391 e. The fraction of sp³-hybridized carbons (Fsp3) is 0.550. The van der Waals surface area contributed by atoms with E-state index in [-0.39, 0.29) is 36.0 Å². The van der Waals surface area contributed by atoms with Crippen LogP contribution in [0.2, 0.25) is 0 Å². The maximum atomic E-state index is 12.8. The predicted molar refractivity (Wildman–Crippen MR) is 120 cm³/mol. The number of guanidine groups is 1. The normalized spacial score (nSPS) is 17.0. The van der Waals surface area contributed by atoms with Gasteiger partial charge in [-0.15, -0.1) is 0 Å². The van der Waals surface area contributed by atoms with Gasteiger partial charge in [0.2, 0.25) is 27.8 Å². The SMILES string of the molecule is CC(C)(C)c1ccc(S(=O)(=O)N[C@H]2CCCN(CC(=O)NCCON=C(N)N)C2=O)cc1. The zero-order chi connectivity index (χ0) is 23.9. The van der Waals surface area contributed by atoms with E-state index in [0.717, 1.165) is 5.56 Å². The molecular weight excluding hydrogens is 436 g/mol. The molecule has 1 aliphatic heterocycles. The van der Waals surface area contributed by atoms with Crippen LogP contribution < -0.4 is 21.5 Å². The molecule has 1 saturated heterocycles. The highest BCUT2D eigenvalue weighted by Gasteiger charge is 2.33. The molecule has 0 unspecified atom stereocenters. The van der Waals surface area contributed by atoms with Gasteiger partial charge in [0, 0.05) is 6.54 Å². The van der Waals surface area contributed by atoms with Crippen LogP contribution in [0.3, 0.4) is 0 Å². The van der Waals surface area contributed by atoms with Gasteiger partial charge in [0.15, 0.2) is 0 Å². The first-order valence-electron chi connectivity index (χ1n) is 10.3. The van der Waals surface area contributed by atoms with Crippen LogP contribution in [0.1, 0.15) is 39.2 Å². The zero-order valence-corrected chi connectivity index (χ0v) is 19.4. The third-order valence-electron chi connectivity index (χ3n) is 4.88. The Balaban J connectivity index is 1.93. The van der Waals surface area contributed by atoms with E-state index in [4.69, 9.17) is 16.3 Å². The molecule has 0 spiro atoms. The van der Waals surface area contributed by atoms with Crippen LogP contribution in [0.25, 0.3) is 0 Å². The molecule has 2 amide bonds. The van der Waals surface area contributed by atoms with Crippen molar-refractivity contribution in [2.75, 3.05) is 26.2 Å². The number of carbonyl (C=O) groups excluding carboxylic acids is 2. The summed E-state index contributed by atoms with van der Waals surface area (Å²) in [5.41, 5.74) is 11.1. The molecule has 1 fully saturated rings. The molecule has 1 atom stereocenters. The molecule has 32 heavy (non-hydrogen) atoms. The Morgan fingerprint density at radius 2 is 1.91 bits per heavy atom. The van der Waals surface area contributed by atoms with Crippen molar-refractivity contribution in [3.63, 3.8) is 0 Å². The monoisotopic (exact) mass is 468 g/mol. The summed E-state index contributed by atoms with van der Waals surface area (Å²) >= 11 is 0. The summed E-state index contributed by atoms with van der Waals surface area (Å²) in [6, 6.07) is 5.68. The second kappa shape index (κ2) is 10.6. The van der Waals surface area contributed by atoms with Crippen LogP contribution in [0, 0.1) is 0 Å². The number of carbonyl (C=O) groups is 2. The average Bonchev–Trinajstić information content (AvgIpc) is 2.70. The molecule has 0 aromatic heterocycles. The van der Waals surface area contributed by atoms with E-state index in [9.17, 15) is 18.0 Å². The fourth-order valence-corrected chi connectivity index (χ4v) is 4.41. The second-order valence-electron chi connectivity index (χ2n) is 8.55. The Hall–Kier alpha value is -2.86. The highest BCUT2D eigenvalue weighted by atomic mass is 32.2. The third-order valence-corrected chi connectivity index (χ3v) is 6.37. The molecule has 1 aliphatic rings. The number of piperidine rings is 1. The minimum absolute atomic E-state index is 0.0635. The van der Waals surface area contributed by atoms with Gasteiger partial charge in [-0.3, -0.25) is 9.59 Å². The molecule has 0 saturated carbocycles. The zero-order valence-electron chi connectivity index (χ0n) is 18.6. The van der Waals surface area contributed by atoms with Crippen molar-refractivity contribution in [2.45, 2.75) is 50.0 Å². The number of oxime groups is 1. The molecular formula is C20H32N6O5S. The minimum atomic E-state index is -3.88. The molecule has 1 heterocycles. The number of sulfonamides is 1. The molecule has 0 bridgehead atoms. The summed E-state index contributed by atoms with van der Waals surface area (Å²) in [4.78, 5) is 31.0. The average molecular weight is 469 g/mol. The lowest BCUT2D eigenvalue weighted by molar-refractivity contribution is -0.139. The Bertz CT molecular complexity index is 936. The number of nitrogens with one attached hydrogen (secondary N) is 2. The molecule has 0 aliphatic carbocycles. The van der Waals surface area contributed by atoms with Gasteiger partial charge < -0.3 is 26.5 Å². The molecule has 1 aromatic rings. The summed E-state index contributed by atoms with van der Waals surface area (Å²) in [6.45, 7) is 6.52. The van der Waals surface area contributed by atoms with Crippen molar-refractivity contribution in [3.05, 3.63) is 29.8 Å². The molecule has 0 radical (unpaired) electrons. The summed E-state index contributed by atoms with van der Waals surface area (Å²) in [5, 5.41) is 5.91. The fourth-order valence-electron chi connectivity index (χ4n) is 3.18. The number of hydrogen-bond acceptors (Lipinski definition) is 6. The number of nitrogens with two attached hydrogens (primary N) is 2. The quantitative estimate of drug-likeness (QED) is 0.165. The van der Waals surface area contributed by atoms with Crippen LogP contribution in [0.4, 0.5) is 0 Å². The first-order chi connectivity index (χ1) is 14.9. The Morgan fingerprint density at radius 1 is 1.25 bits per heavy atom. The van der Waals surface area contributed by atoms with Gasteiger partial charge in [0.05, 0.1) is 18.0 Å². The first kappa shape index (κ1) is 25.4. The number of rotatable bonds is 9. The smallest absolute Gasteiger partial charge is 0.241 e. The van der Waals surface area contributed by atoms with E-state index in [0.29, 0.717) is 19.4 Å². The Morgan fingerprint density at radius 3 is 2.50 bits per heavy atom. The predicted octanol–water partition coefficient (Wildman–Crippen LogP) is -0.425. The number of nitrogens with zero attached hydrogens (tertiary/aromatic N) is 2. The maximum Gasteiger partial charge on any atom is 0.241 e. The Kier molecular flexibility index (Phi) is 8.44. The summed E-state index contributed by atoms with van der Waals surface area (Å²) in [5.74, 6) is -1.06. The lowest BCUT2D eigenvalue weighted by Gasteiger charge is -2.32. The number of amides is 2. The molecule has 2 rings (SSSR count). The Labute approximate surface area is 188 Å². The van der Waals surface area contributed by atoms with Crippen LogP contribution in [0.5, 0.6) is 0 Å². The number of benzene rings is 1. The molecule has 1 aromatic carbocycles. The van der Waals surface area contributed by atoms with Gasteiger partial charge in [-0.1, -0.05) is 32.9 Å². The lowest BCUT2D eigenvalue weighted by atomic mass is 9.87. The number of hydrogen-bond donors (Lipinski definition) is 4. The third kappa shape index (κ3) is 7.38. The van der Waals surface area contributed by atoms with Crippen LogP contribution in [0.15, 0.2) is 34.3 Å². The topological polar surface area (TPSA) is 169 Å². The van der Waals surface area contributed by atoms with Gasteiger partial charge in [-0.2, -0.15) is 4.72 Å². The lowest BCUT2D eigenvalue weighted by Crippen LogP contribution is -2.54. The van der Waals surface area contributed by atoms with E-state index >= 15 is 0 Å². The standard InChI is InChI=1S/C20H32N6O5S/c1-20(2,3)14-6-8-15(9-7-14)32(29,30)25-16-5-4-11-26(18(16)28)13-17(27)23-10-12-31-24-19(21)22/h6-9,16,25H,4-5,10-13H2,1-3H3,(H,23,27)(H4,21,22,24)/t16-/m0/s1. The van der Waals surface area contributed by atoms with E-state index in [2.05, 4.69) is 15.2 Å². The van der Waals surface area contributed by atoms with Gasteiger partial charge in [-0.25, -0.2) is 8.42 Å². The van der Waals surface area contributed by atoms with Gasteiger partial charge in [-0.05, 0) is 41.1 Å². The van der Waals surface area contributed by atoms with Crippen molar-refractivity contribution in [2.24, 2.45) is 16.6 Å². The maximum absolute atomic E-state index is 12.8. The van der Waals surface area contributed by atoms with Crippen molar-refractivity contribution < 1.29 is 22.8 Å². The van der Waals surface area contributed by atoms with Gasteiger partial charge in [0.1, 0.15) is 12.6 Å². The molecule has 178 valence electrons. The summed E-state index contributed by atoms with van der Waals surface area (Å²) in [7, 11) is -3.88. The van der Waals surface area contributed by atoms with Crippen LogP contribution in [-0.2, 0) is 29.9 Å². The van der Waals surface area contributed by atoms with E-state index in [1.54, 1.807) is 12.1 Å². The van der Waals surface area contributed by atoms with Crippen LogP contribution in [-0.4, -0.2) is 63.4 Å². The summed E-state index contributed by atoms with van der Waals surface area (Å²) in [6.07, 6.45) is 0.936. The van der Waals surface area contributed by atoms with Crippen molar-refractivity contribution in [3.8, 4) is 0 Å². The second-order valence-corrected chi connectivity index (χ2v) is 10.3. The summed E-state index contributed by atoms with van der Waals surface area (Å²) < 4.78 is 28.1.